The van der Waals surface area contributed by atoms with Gasteiger partial charge in [-0.1, -0.05) is 24.3 Å². The first-order valence-corrected chi connectivity index (χ1v) is 7.90. The molecule has 0 spiro atoms. The molecule has 0 unspecified atom stereocenters. The third kappa shape index (κ3) is 1.97. The molecule has 0 saturated heterocycles. The van der Waals surface area contributed by atoms with Gasteiger partial charge in [0, 0.05) is 13.1 Å². The molecule has 0 fully saturated rings. The van der Waals surface area contributed by atoms with Crippen LogP contribution in [0.1, 0.15) is 11.1 Å². The summed E-state index contributed by atoms with van der Waals surface area (Å²) in [5, 5.41) is 1.22. The highest BCUT2D eigenvalue weighted by Crippen LogP contribution is 2.39. The highest BCUT2D eigenvalue weighted by atomic mass is 32.2. The van der Waals surface area contributed by atoms with Crippen LogP contribution in [0.3, 0.4) is 0 Å². The van der Waals surface area contributed by atoms with Crippen molar-refractivity contribution in [3.63, 3.8) is 0 Å². The van der Waals surface area contributed by atoms with Crippen LogP contribution in [-0.4, -0.2) is 17.2 Å². The molecule has 0 radical (unpaired) electrons. The first-order chi connectivity index (χ1) is 8.79. The predicted octanol–water partition coefficient (Wildman–Crippen LogP) is 3.01. The van der Waals surface area contributed by atoms with E-state index in [0.717, 1.165) is 24.4 Å². The molecule has 3 rings (SSSR count). The molecular formula is C13H15N3S2. The summed E-state index contributed by atoms with van der Waals surface area (Å²) in [6.45, 7) is 2.01. The topological polar surface area (TPSA) is 42.1 Å². The van der Waals surface area contributed by atoms with Crippen molar-refractivity contribution in [2.45, 2.75) is 17.9 Å². The number of nitrogens with two attached hydrogens (primary N) is 1. The zero-order valence-corrected chi connectivity index (χ0v) is 11.9. The number of hydrogen-bond donors (Lipinski definition) is 1. The van der Waals surface area contributed by atoms with Crippen LogP contribution in [0.4, 0.5) is 10.8 Å². The maximum atomic E-state index is 5.90. The van der Waals surface area contributed by atoms with Gasteiger partial charge in [0.2, 0.25) is 0 Å². The molecule has 18 heavy (non-hydrogen) atoms. The summed E-state index contributed by atoms with van der Waals surface area (Å²) in [5.74, 6) is 0.668. The fourth-order valence-corrected chi connectivity index (χ4v) is 4.06. The number of thioether (sulfide) groups is 1. The number of rotatable bonds is 2. The Hall–Kier alpha value is -1.20. The molecule has 1 aliphatic rings. The van der Waals surface area contributed by atoms with Gasteiger partial charge in [0.25, 0.3) is 0 Å². The summed E-state index contributed by atoms with van der Waals surface area (Å²) in [6, 6.07) is 8.67. The molecule has 2 aromatic rings. The predicted molar refractivity (Wildman–Crippen MR) is 79.5 cm³/mol. The van der Waals surface area contributed by atoms with Crippen LogP contribution >= 0.6 is 23.3 Å². The van der Waals surface area contributed by atoms with Crippen molar-refractivity contribution in [3.05, 3.63) is 35.4 Å². The molecule has 3 nitrogen and oxygen atoms in total. The van der Waals surface area contributed by atoms with E-state index in [1.807, 2.05) is 0 Å². The number of benzene rings is 1. The van der Waals surface area contributed by atoms with Gasteiger partial charge in [-0.3, -0.25) is 0 Å². The second-order valence-corrected chi connectivity index (χ2v) is 5.91. The lowest BCUT2D eigenvalue weighted by Crippen LogP contribution is -2.29. The van der Waals surface area contributed by atoms with E-state index in [0.29, 0.717) is 5.82 Å². The molecule has 2 heterocycles. The van der Waals surface area contributed by atoms with Crippen molar-refractivity contribution in [1.29, 1.82) is 0 Å². The number of aromatic nitrogens is 1. The van der Waals surface area contributed by atoms with Gasteiger partial charge in [-0.25, -0.2) is 0 Å². The first-order valence-electron chi connectivity index (χ1n) is 5.90. The van der Waals surface area contributed by atoms with Gasteiger partial charge >= 0.3 is 0 Å². The second kappa shape index (κ2) is 4.82. The summed E-state index contributed by atoms with van der Waals surface area (Å²) < 4.78 is 4.28. The van der Waals surface area contributed by atoms with E-state index in [1.54, 1.807) is 11.8 Å². The van der Waals surface area contributed by atoms with Crippen LogP contribution in [0.15, 0.2) is 29.2 Å². The Bertz CT molecular complexity index is 565. The molecule has 0 aliphatic carbocycles. The van der Waals surface area contributed by atoms with E-state index in [9.17, 15) is 0 Å². The SMILES string of the molecule is CSc1c(N)nsc1N1CCc2ccccc2C1. The van der Waals surface area contributed by atoms with Crippen molar-refractivity contribution in [2.24, 2.45) is 0 Å². The van der Waals surface area contributed by atoms with Crippen LogP contribution in [-0.2, 0) is 13.0 Å². The maximum Gasteiger partial charge on any atom is 0.153 e. The zero-order valence-electron chi connectivity index (χ0n) is 10.2. The molecule has 1 aromatic heterocycles. The number of nitrogen functional groups attached to an aromatic ring is 1. The van der Waals surface area contributed by atoms with Gasteiger partial charge in [0.1, 0.15) is 5.00 Å². The minimum absolute atomic E-state index is 0.668. The fourth-order valence-electron chi connectivity index (χ4n) is 2.35. The average molecular weight is 277 g/mol. The second-order valence-electron chi connectivity index (χ2n) is 4.35. The van der Waals surface area contributed by atoms with E-state index in [4.69, 9.17) is 5.73 Å². The summed E-state index contributed by atoms with van der Waals surface area (Å²) in [4.78, 5) is 3.52. The van der Waals surface area contributed by atoms with Crippen LogP contribution in [0.5, 0.6) is 0 Å². The molecule has 0 atom stereocenters. The standard InChI is InChI=1S/C13H15N3S2/c1-17-11-12(14)15-18-13(11)16-7-6-9-4-2-3-5-10(9)8-16/h2-5H,6-8H2,1H3,(H2,14,15). The van der Waals surface area contributed by atoms with Crippen molar-refractivity contribution in [2.75, 3.05) is 23.4 Å². The summed E-state index contributed by atoms with van der Waals surface area (Å²) in [5.41, 5.74) is 8.79. The minimum atomic E-state index is 0.668. The summed E-state index contributed by atoms with van der Waals surface area (Å²) in [7, 11) is 0. The Morgan fingerprint density at radius 2 is 2.11 bits per heavy atom. The Balaban J connectivity index is 1.92. The number of fused-ring (bicyclic) bond motifs is 1. The smallest absolute Gasteiger partial charge is 0.153 e. The molecule has 0 bridgehead atoms. The monoisotopic (exact) mass is 277 g/mol. The Labute approximate surface area is 115 Å². The third-order valence-electron chi connectivity index (χ3n) is 3.28. The maximum absolute atomic E-state index is 5.90. The van der Waals surface area contributed by atoms with Gasteiger partial charge in [-0.05, 0) is 35.3 Å². The molecular weight excluding hydrogens is 262 g/mol. The lowest BCUT2D eigenvalue weighted by molar-refractivity contribution is 0.733. The van der Waals surface area contributed by atoms with Gasteiger partial charge in [0.05, 0.1) is 4.90 Å². The molecule has 0 saturated carbocycles. The Kier molecular flexibility index (Phi) is 3.18. The summed E-state index contributed by atoms with van der Waals surface area (Å²) in [6.07, 6.45) is 3.16. The Morgan fingerprint density at radius 3 is 2.89 bits per heavy atom. The molecule has 94 valence electrons. The van der Waals surface area contributed by atoms with E-state index >= 15 is 0 Å². The summed E-state index contributed by atoms with van der Waals surface area (Å²) >= 11 is 3.20. The van der Waals surface area contributed by atoms with Crippen LogP contribution in [0.2, 0.25) is 0 Å². The third-order valence-corrected chi connectivity index (χ3v) is 5.14. The van der Waals surface area contributed by atoms with Crippen molar-refractivity contribution >= 4 is 34.1 Å². The van der Waals surface area contributed by atoms with Crippen molar-refractivity contribution < 1.29 is 0 Å². The number of hydrogen-bond acceptors (Lipinski definition) is 5. The number of nitrogens with zero attached hydrogens (tertiary/aromatic N) is 2. The van der Waals surface area contributed by atoms with Gasteiger partial charge < -0.3 is 10.6 Å². The normalized spacial score (nSPS) is 14.6. The molecule has 1 aromatic carbocycles. The van der Waals surface area contributed by atoms with Crippen molar-refractivity contribution in [3.8, 4) is 0 Å². The van der Waals surface area contributed by atoms with E-state index in [1.165, 1.54) is 27.7 Å². The number of anilines is 2. The minimum Gasteiger partial charge on any atom is -0.382 e. The van der Waals surface area contributed by atoms with Gasteiger partial charge in [-0.2, -0.15) is 4.37 Å². The molecule has 2 N–H and O–H groups in total. The molecule has 5 heteroatoms. The fraction of sp³-hybridized carbons (Fsp3) is 0.308. The lowest BCUT2D eigenvalue weighted by Gasteiger charge is -2.29. The first kappa shape index (κ1) is 11.9. The quantitative estimate of drug-likeness (QED) is 0.857. The van der Waals surface area contributed by atoms with E-state index < -0.39 is 0 Å². The Morgan fingerprint density at radius 1 is 1.33 bits per heavy atom. The highest BCUT2D eigenvalue weighted by molar-refractivity contribution is 7.99. The zero-order chi connectivity index (χ0) is 12.5. The highest BCUT2D eigenvalue weighted by Gasteiger charge is 2.21. The van der Waals surface area contributed by atoms with E-state index in [-0.39, 0.29) is 0 Å². The molecule has 1 aliphatic heterocycles. The van der Waals surface area contributed by atoms with E-state index in [2.05, 4.69) is 39.8 Å². The largest absolute Gasteiger partial charge is 0.382 e. The molecule has 0 amide bonds. The van der Waals surface area contributed by atoms with Crippen LogP contribution in [0.25, 0.3) is 0 Å². The van der Waals surface area contributed by atoms with Gasteiger partial charge in [0.15, 0.2) is 5.82 Å². The average Bonchev–Trinajstić information content (AvgIpc) is 2.79. The van der Waals surface area contributed by atoms with Crippen molar-refractivity contribution in [1.82, 2.24) is 4.37 Å². The van der Waals surface area contributed by atoms with Crippen LogP contribution < -0.4 is 10.6 Å². The van der Waals surface area contributed by atoms with Gasteiger partial charge in [-0.15, -0.1) is 11.8 Å². The van der Waals surface area contributed by atoms with Crippen LogP contribution in [0, 0.1) is 0 Å². The lowest BCUT2D eigenvalue weighted by atomic mass is 10.0.